The third-order valence-electron chi connectivity index (χ3n) is 2.62. The number of hydrogen-bond acceptors (Lipinski definition) is 2. The van der Waals surface area contributed by atoms with Gasteiger partial charge in [0.05, 0.1) is 12.7 Å². The first-order valence-electron chi connectivity index (χ1n) is 5.39. The smallest absolute Gasteiger partial charge is 0.335 e. The molecule has 2 aromatic carbocycles. The van der Waals surface area contributed by atoms with Crippen LogP contribution in [0.15, 0.2) is 36.4 Å². The van der Waals surface area contributed by atoms with Gasteiger partial charge in [-0.15, -0.1) is 0 Å². The lowest BCUT2D eigenvalue weighted by molar-refractivity contribution is 0.0697. The van der Waals surface area contributed by atoms with Crippen LogP contribution in [0.4, 0.5) is 4.39 Å². The molecule has 0 atom stereocenters. The molecular formula is C14H10ClFO3. The van der Waals surface area contributed by atoms with Crippen molar-refractivity contribution in [1.82, 2.24) is 0 Å². The van der Waals surface area contributed by atoms with E-state index in [1.54, 1.807) is 6.07 Å². The van der Waals surface area contributed by atoms with Gasteiger partial charge in [-0.25, -0.2) is 9.18 Å². The Labute approximate surface area is 114 Å². The monoisotopic (exact) mass is 280 g/mol. The number of benzene rings is 2. The van der Waals surface area contributed by atoms with Crippen LogP contribution in [0.1, 0.15) is 10.4 Å². The van der Waals surface area contributed by atoms with Crippen LogP contribution < -0.4 is 4.74 Å². The van der Waals surface area contributed by atoms with Gasteiger partial charge >= 0.3 is 5.97 Å². The number of hydrogen-bond donors (Lipinski definition) is 1. The van der Waals surface area contributed by atoms with E-state index in [1.165, 1.54) is 37.4 Å². The quantitative estimate of drug-likeness (QED) is 0.929. The topological polar surface area (TPSA) is 46.5 Å². The van der Waals surface area contributed by atoms with E-state index in [0.717, 1.165) is 0 Å². The summed E-state index contributed by atoms with van der Waals surface area (Å²) < 4.78 is 18.5. The summed E-state index contributed by atoms with van der Waals surface area (Å²) in [7, 11) is 1.46. The van der Waals surface area contributed by atoms with Crippen molar-refractivity contribution in [2.45, 2.75) is 0 Å². The molecule has 2 rings (SSSR count). The van der Waals surface area contributed by atoms with Crippen molar-refractivity contribution in [2.75, 3.05) is 7.11 Å². The standard InChI is InChI=1S/C14H10ClFO3/c1-19-13-3-2-11(16)7-12(13)8-4-9(14(17)18)6-10(15)5-8/h2-7H,1H3,(H,17,18). The maximum absolute atomic E-state index is 13.3. The second-order valence-electron chi connectivity index (χ2n) is 3.88. The van der Waals surface area contributed by atoms with Gasteiger partial charge in [0, 0.05) is 10.6 Å². The average molecular weight is 281 g/mol. The van der Waals surface area contributed by atoms with Crippen molar-refractivity contribution in [2.24, 2.45) is 0 Å². The van der Waals surface area contributed by atoms with Gasteiger partial charge in [0.2, 0.25) is 0 Å². The number of aromatic carboxylic acids is 1. The Kier molecular flexibility index (Phi) is 3.71. The van der Waals surface area contributed by atoms with Gasteiger partial charge in [-0.1, -0.05) is 11.6 Å². The highest BCUT2D eigenvalue weighted by Gasteiger charge is 2.12. The Morgan fingerprint density at radius 3 is 2.63 bits per heavy atom. The second-order valence-corrected chi connectivity index (χ2v) is 4.31. The van der Waals surface area contributed by atoms with E-state index < -0.39 is 11.8 Å². The van der Waals surface area contributed by atoms with Crippen molar-refractivity contribution in [3.63, 3.8) is 0 Å². The lowest BCUT2D eigenvalue weighted by atomic mass is 10.0. The molecule has 0 fully saturated rings. The van der Waals surface area contributed by atoms with Crippen LogP contribution in [0.5, 0.6) is 5.75 Å². The number of methoxy groups -OCH3 is 1. The minimum Gasteiger partial charge on any atom is -0.496 e. The van der Waals surface area contributed by atoms with Crippen LogP contribution in [-0.2, 0) is 0 Å². The number of carbonyl (C=O) groups is 1. The molecule has 0 unspecified atom stereocenters. The lowest BCUT2D eigenvalue weighted by Crippen LogP contribution is -1.97. The third-order valence-corrected chi connectivity index (χ3v) is 2.84. The van der Waals surface area contributed by atoms with Crippen molar-refractivity contribution in [3.05, 3.63) is 52.8 Å². The van der Waals surface area contributed by atoms with Crippen LogP contribution in [-0.4, -0.2) is 18.2 Å². The molecule has 0 saturated carbocycles. The van der Waals surface area contributed by atoms with Crippen molar-refractivity contribution in [1.29, 1.82) is 0 Å². The molecule has 0 aromatic heterocycles. The summed E-state index contributed by atoms with van der Waals surface area (Å²) in [5.41, 5.74) is 0.975. The van der Waals surface area contributed by atoms with E-state index in [1.807, 2.05) is 0 Å². The summed E-state index contributed by atoms with van der Waals surface area (Å²) in [5, 5.41) is 9.26. The number of carboxylic acid groups (broad SMARTS) is 1. The number of carboxylic acids is 1. The molecule has 1 N–H and O–H groups in total. The second kappa shape index (κ2) is 5.28. The van der Waals surface area contributed by atoms with Crippen LogP contribution in [0.2, 0.25) is 5.02 Å². The van der Waals surface area contributed by atoms with Gasteiger partial charge in [0.15, 0.2) is 0 Å². The predicted molar refractivity (Wildman–Crippen MR) is 70.4 cm³/mol. The molecule has 19 heavy (non-hydrogen) atoms. The van der Waals surface area contributed by atoms with E-state index in [2.05, 4.69) is 0 Å². The first kappa shape index (κ1) is 13.4. The Hall–Kier alpha value is -2.07. The molecule has 0 amide bonds. The maximum Gasteiger partial charge on any atom is 0.335 e. The molecule has 0 radical (unpaired) electrons. The van der Waals surface area contributed by atoms with Gasteiger partial charge in [0.1, 0.15) is 11.6 Å². The minimum absolute atomic E-state index is 0.0359. The zero-order chi connectivity index (χ0) is 14.0. The Balaban J connectivity index is 2.64. The summed E-state index contributed by atoms with van der Waals surface area (Å²) in [4.78, 5) is 11.0. The van der Waals surface area contributed by atoms with Crippen molar-refractivity contribution in [3.8, 4) is 16.9 Å². The Morgan fingerprint density at radius 1 is 1.26 bits per heavy atom. The van der Waals surface area contributed by atoms with E-state index in [0.29, 0.717) is 16.9 Å². The number of rotatable bonds is 3. The Bertz CT molecular complexity index is 641. The highest BCUT2D eigenvalue weighted by atomic mass is 35.5. The fourth-order valence-electron chi connectivity index (χ4n) is 1.77. The van der Waals surface area contributed by atoms with Crippen LogP contribution in [0.3, 0.4) is 0 Å². The zero-order valence-corrected chi connectivity index (χ0v) is 10.7. The SMILES string of the molecule is COc1ccc(F)cc1-c1cc(Cl)cc(C(=O)O)c1. The van der Waals surface area contributed by atoms with Gasteiger partial charge in [-0.3, -0.25) is 0 Å². The first-order valence-corrected chi connectivity index (χ1v) is 5.77. The molecule has 98 valence electrons. The largest absolute Gasteiger partial charge is 0.496 e. The third kappa shape index (κ3) is 2.85. The lowest BCUT2D eigenvalue weighted by Gasteiger charge is -2.10. The average Bonchev–Trinajstić information content (AvgIpc) is 2.37. The number of halogens is 2. The van der Waals surface area contributed by atoms with Crippen molar-refractivity contribution >= 4 is 17.6 Å². The summed E-state index contributed by atoms with van der Waals surface area (Å²) in [6, 6.07) is 8.34. The summed E-state index contributed by atoms with van der Waals surface area (Å²) >= 11 is 5.88. The van der Waals surface area contributed by atoms with Gasteiger partial charge in [-0.05, 0) is 42.0 Å². The van der Waals surface area contributed by atoms with E-state index in [4.69, 9.17) is 21.4 Å². The molecule has 0 heterocycles. The van der Waals surface area contributed by atoms with Crippen LogP contribution >= 0.6 is 11.6 Å². The molecule has 0 aliphatic heterocycles. The molecule has 0 bridgehead atoms. The summed E-state index contributed by atoms with van der Waals surface area (Å²) in [6.45, 7) is 0. The molecule has 5 heteroatoms. The van der Waals surface area contributed by atoms with Gasteiger partial charge in [0.25, 0.3) is 0 Å². The fourth-order valence-corrected chi connectivity index (χ4v) is 2.01. The molecule has 0 spiro atoms. The number of ether oxygens (including phenoxy) is 1. The van der Waals surface area contributed by atoms with E-state index in [9.17, 15) is 9.18 Å². The molecule has 3 nitrogen and oxygen atoms in total. The predicted octanol–water partition coefficient (Wildman–Crippen LogP) is 3.85. The van der Waals surface area contributed by atoms with Crippen molar-refractivity contribution < 1.29 is 19.0 Å². The fraction of sp³-hybridized carbons (Fsp3) is 0.0714. The highest BCUT2D eigenvalue weighted by molar-refractivity contribution is 6.31. The molecule has 2 aromatic rings. The molecule has 0 saturated heterocycles. The van der Waals surface area contributed by atoms with E-state index >= 15 is 0 Å². The molecule has 0 aliphatic rings. The van der Waals surface area contributed by atoms with Crippen LogP contribution in [0.25, 0.3) is 11.1 Å². The summed E-state index contributed by atoms with van der Waals surface area (Å²) in [6.07, 6.45) is 0. The summed E-state index contributed by atoms with van der Waals surface area (Å²) in [5.74, 6) is -1.09. The Morgan fingerprint density at radius 2 is 2.00 bits per heavy atom. The zero-order valence-electron chi connectivity index (χ0n) is 9.98. The van der Waals surface area contributed by atoms with Crippen LogP contribution in [0, 0.1) is 5.82 Å². The normalized spacial score (nSPS) is 10.3. The van der Waals surface area contributed by atoms with Gasteiger partial charge < -0.3 is 9.84 Å². The minimum atomic E-state index is -1.10. The maximum atomic E-state index is 13.3. The van der Waals surface area contributed by atoms with E-state index in [-0.39, 0.29) is 10.6 Å². The molecule has 0 aliphatic carbocycles. The first-order chi connectivity index (χ1) is 9.01. The highest BCUT2D eigenvalue weighted by Crippen LogP contribution is 2.33. The molecular weight excluding hydrogens is 271 g/mol. The van der Waals surface area contributed by atoms with Gasteiger partial charge in [-0.2, -0.15) is 0 Å².